The van der Waals surface area contributed by atoms with Crippen LogP contribution in [0.5, 0.6) is 0 Å². The zero-order valence-corrected chi connectivity index (χ0v) is 14.4. The van der Waals surface area contributed by atoms with E-state index in [0.29, 0.717) is 5.56 Å². The summed E-state index contributed by atoms with van der Waals surface area (Å²) < 4.78 is 27.8. The van der Waals surface area contributed by atoms with Gasteiger partial charge in [0.15, 0.2) is 0 Å². The molecule has 0 spiro atoms. The van der Waals surface area contributed by atoms with Gasteiger partial charge in [0.2, 0.25) is 10.0 Å². The number of benzene rings is 1. The van der Waals surface area contributed by atoms with E-state index in [0.717, 1.165) is 19.3 Å². The highest BCUT2D eigenvalue weighted by Crippen LogP contribution is 2.37. The Bertz CT molecular complexity index is 672. The first-order chi connectivity index (χ1) is 9.61. The summed E-state index contributed by atoms with van der Waals surface area (Å²) in [6.45, 7) is 4.28. The van der Waals surface area contributed by atoms with Crippen molar-refractivity contribution in [1.82, 2.24) is 4.72 Å². The molecule has 1 saturated carbocycles. The lowest BCUT2D eigenvalue weighted by Gasteiger charge is -2.18. The van der Waals surface area contributed by atoms with Crippen molar-refractivity contribution in [1.29, 1.82) is 0 Å². The van der Waals surface area contributed by atoms with E-state index in [-0.39, 0.29) is 26.4 Å². The Labute approximate surface area is 136 Å². The number of hydrogen-bond donors (Lipinski definition) is 2. The molecule has 4 nitrogen and oxygen atoms in total. The summed E-state index contributed by atoms with van der Waals surface area (Å²) in [6.07, 6.45) is 2.65. The standard InChI is InChI=1S/C14H19ClN2O2S2/c1-14(2)6-5-10(8-14)17-21(18,19)12-7-9(13(16)20)3-4-11(12)15/h3-4,7,10,17H,5-6,8H2,1-2H3,(H2,16,20). The Hall–Kier alpha value is -0.690. The van der Waals surface area contributed by atoms with Crippen LogP contribution in [0.15, 0.2) is 23.1 Å². The van der Waals surface area contributed by atoms with Gasteiger partial charge in [-0.25, -0.2) is 13.1 Å². The van der Waals surface area contributed by atoms with E-state index in [1.54, 1.807) is 6.07 Å². The van der Waals surface area contributed by atoms with Gasteiger partial charge in [0, 0.05) is 11.6 Å². The van der Waals surface area contributed by atoms with E-state index in [1.807, 2.05) is 0 Å². The minimum Gasteiger partial charge on any atom is -0.389 e. The number of rotatable bonds is 4. The molecule has 7 heteroatoms. The molecule has 1 aliphatic carbocycles. The van der Waals surface area contributed by atoms with Crippen LogP contribution in [0.3, 0.4) is 0 Å². The summed E-state index contributed by atoms with van der Waals surface area (Å²) in [4.78, 5) is 0.171. The number of halogens is 1. The van der Waals surface area contributed by atoms with Gasteiger partial charge in [-0.3, -0.25) is 0 Å². The summed E-state index contributed by atoms with van der Waals surface area (Å²) in [6, 6.07) is 4.48. The molecular weight excluding hydrogens is 328 g/mol. The molecule has 116 valence electrons. The summed E-state index contributed by atoms with van der Waals surface area (Å²) >= 11 is 10.9. The molecule has 1 fully saturated rings. The highest BCUT2D eigenvalue weighted by Gasteiger charge is 2.34. The Kier molecular flexibility index (Phi) is 4.63. The molecule has 1 aromatic carbocycles. The van der Waals surface area contributed by atoms with E-state index in [2.05, 4.69) is 18.6 Å². The van der Waals surface area contributed by atoms with Crippen LogP contribution < -0.4 is 10.5 Å². The van der Waals surface area contributed by atoms with Crippen molar-refractivity contribution in [3.8, 4) is 0 Å². The smallest absolute Gasteiger partial charge is 0.242 e. The van der Waals surface area contributed by atoms with Gasteiger partial charge >= 0.3 is 0 Å². The van der Waals surface area contributed by atoms with Gasteiger partial charge < -0.3 is 5.73 Å². The number of thiocarbonyl (C=S) groups is 1. The normalized spacial score (nSPS) is 21.4. The monoisotopic (exact) mass is 346 g/mol. The van der Waals surface area contributed by atoms with Gasteiger partial charge in [-0.05, 0) is 36.8 Å². The third kappa shape index (κ3) is 3.94. The fraction of sp³-hybridized carbons (Fsp3) is 0.500. The van der Waals surface area contributed by atoms with Crippen LogP contribution in [0.2, 0.25) is 5.02 Å². The number of sulfonamides is 1. The van der Waals surface area contributed by atoms with Gasteiger partial charge in [-0.2, -0.15) is 0 Å². The van der Waals surface area contributed by atoms with Gasteiger partial charge in [0.05, 0.1) is 5.02 Å². The van der Waals surface area contributed by atoms with Crippen LogP contribution in [-0.4, -0.2) is 19.4 Å². The van der Waals surface area contributed by atoms with Crippen LogP contribution in [0, 0.1) is 5.41 Å². The molecule has 2 rings (SSSR count). The van der Waals surface area contributed by atoms with Crippen molar-refractivity contribution in [2.45, 2.75) is 44.0 Å². The second kappa shape index (κ2) is 5.83. The van der Waals surface area contributed by atoms with Gasteiger partial charge in [0.25, 0.3) is 0 Å². The summed E-state index contributed by atoms with van der Waals surface area (Å²) in [7, 11) is -3.68. The molecule has 1 aliphatic rings. The SMILES string of the molecule is CC1(C)CCC(NS(=O)(=O)c2cc(C(N)=S)ccc2Cl)C1. The third-order valence-corrected chi connectivity index (χ3v) is 6.03. The lowest BCUT2D eigenvalue weighted by molar-refractivity contribution is 0.372. The van der Waals surface area contributed by atoms with E-state index >= 15 is 0 Å². The van der Waals surface area contributed by atoms with Crippen LogP contribution in [0.1, 0.15) is 38.7 Å². The van der Waals surface area contributed by atoms with Crippen molar-refractivity contribution in [2.75, 3.05) is 0 Å². The van der Waals surface area contributed by atoms with Crippen molar-refractivity contribution in [3.63, 3.8) is 0 Å². The first-order valence-corrected chi connectivity index (χ1v) is 8.99. The van der Waals surface area contributed by atoms with Crippen LogP contribution in [0.4, 0.5) is 0 Å². The molecule has 0 heterocycles. The first-order valence-electron chi connectivity index (χ1n) is 6.72. The Morgan fingerprint density at radius 2 is 2.14 bits per heavy atom. The predicted octanol–water partition coefficient (Wildman–Crippen LogP) is 2.83. The summed E-state index contributed by atoms with van der Waals surface area (Å²) in [5.41, 5.74) is 6.20. The van der Waals surface area contributed by atoms with Gasteiger partial charge in [-0.15, -0.1) is 0 Å². The quantitative estimate of drug-likeness (QED) is 0.822. The Balaban J connectivity index is 2.28. The van der Waals surface area contributed by atoms with Gasteiger partial charge in [-0.1, -0.05) is 43.7 Å². The van der Waals surface area contributed by atoms with E-state index in [9.17, 15) is 8.42 Å². The van der Waals surface area contributed by atoms with E-state index in [4.69, 9.17) is 29.6 Å². The average molecular weight is 347 g/mol. The number of nitrogens with one attached hydrogen (secondary N) is 1. The molecule has 1 unspecified atom stereocenters. The molecule has 1 aromatic rings. The summed E-state index contributed by atoms with van der Waals surface area (Å²) in [5.74, 6) is 0. The molecular formula is C14H19ClN2O2S2. The van der Waals surface area contributed by atoms with E-state index < -0.39 is 10.0 Å². The van der Waals surface area contributed by atoms with Crippen molar-refractivity contribution in [3.05, 3.63) is 28.8 Å². The predicted molar refractivity (Wildman–Crippen MR) is 89.1 cm³/mol. The van der Waals surface area contributed by atoms with Crippen molar-refractivity contribution < 1.29 is 8.42 Å². The lowest BCUT2D eigenvalue weighted by Crippen LogP contribution is -2.33. The number of nitrogens with two attached hydrogens (primary N) is 1. The topological polar surface area (TPSA) is 72.2 Å². The lowest BCUT2D eigenvalue weighted by atomic mass is 9.92. The molecule has 21 heavy (non-hydrogen) atoms. The second-order valence-electron chi connectivity index (χ2n) is 6.23. The third-order valence-electron chi connectivity index (χ3n) is 3.80. The molecule has 0 saturated heterocycles. The maximum Gasteiger partial charge on any atom is 0.242 e. The molecule has 3 N–H and O–H groups in total. The molecule has 0 radical (unpaired) electrons. The van der Waals surface area contributed by atoms with Crippen molar-refractivity contribution in [2.24, 2.45) is 11.1 Å². The van der Waals surface area contributed by atoms with Crippen molar-refractivity contribution >= 4 is 38.8 Å². The first kappa shape index (κ1) is 16.7. The second-order valence-corrected chi connectivity index (χ2v) is 8.76. The van der Waals surface area contributed by atoms with Crippen LogP contribution >= 0.6 is 23.8 Å². The number of hydrogen-bond acceptors (Lipinski definition) is 3. The Morgan fingerprint density at radius 1 is 1.48 bits per heavy atom. The maximum atomic E-state index is 12.5. The largest absolute Gasteiger partial charge is 0.389 e. The average Bonchev–Trinajstić information content (AvgIpc) is 2.67. The zero-order valence-electron chi connectivity index (χ0n) is 12.0. The maximum absolute atomic E-state index is 12.5. The minimum atomic E-state index is -3.68. The Morgan fingerprint density at radius 3 is 2.67 bits per heavy atom. The van der Waals surface area contributed by atoms with Crippen LogP contribution in [-0.2, 0) is 10.0 Å². The zero-order chi connectivity index (χ0) is 15.8. The summed E-state index contributed by atoms with van der Waals surface area (Å²) in [5, 5.41) is 0.166. The molecule has 0 bridgehead atoms. The fourth-order valence-corrected chi connectivity index (χ4v) is 4.61. The fourth-order valence-electron chi connectivity index (χ4n) is 2.68. The van der Waals surface area contributed by atoms with E-state index in [1.165, 1.54) is 12.1 Å². The highest BCUT2D eigenvalue weighted by atomic mass is 35.5. The molecule has 1 atom stereocenters. The minimum absolute atomic E-state index is 0.0270. The molecule has 0 aromatic heterocycles. The molecule has 0 aliphatic heterocycles. The van der Waals surface area contributed by atoms with Crippen LogP contribution in [0.25, 0.3) is 0 Å². The molecule has 0 amide bonds. The van der Waals surface area contributed by atoms with Gasteiger partial charge in [0.1, 0.15) is 9.88 Å². The highest BCUT2D eigenvalue weighted by molar-refractivity contribution is 7.89.